The van der Waals surface area contributed by atoms with E-state index in [1.54, 1.807) is 0 Å². The van der Waals surface area contributed by atoms with E-state index in [0.29, 0.717) is 29.4 Å². The zero-order chi connectivity index (χ0) is 26.2. The first-order valence-electron chi connectivity index (χ1n) is 10.3. The van der Waals surface area contributed by atoms with Crippen molar-refractivity contribution in [3.63, 3.8) is 0 Å². The monoisotopic (exact) mass is 736 g/mol. The van der Waals surface area contributed by atoms with E-state index in [-0.39, 0.29) is 26.4 Å². The molecule has 0 unspecified atom stereocenters. The first-order valence-corrected chi connectivity index (χ1v) is 13.5. The molecule has 0 fully saturated rings. The Balaban J connectivity index is 2.24. The molecule has 0 saturated heterocycles. The average molecular weight is 740 g/mol. The molecule has 0 aliphatic heterocycles. The zero-order valence-corrected chi connectivity index (χ0v) is 25.5. The summed E-state index contributed by atoms with van der Waals surface area (Å²) in [7, 11) is 0. The Morgan fingerprint density at radius 1 is 0.743 bits per heavy atom. The molecule has 0 spiro atoms. The largest absolute Gasteiger partial charge is 0.480 e. The van der Waals surface area contributed by atoms with Gasteiger partial charge in [0, 0.05) is 5.41 Å². The molecular formula is C25H24Br4O6. The van der Waals surface area contributed by atoms with Gasteiger partial charge in [-0.25, -0.2) is 9.59 Å². The third-order valence-electron chi connectivity index (χ3n) is 4.83. The number of hydrogen-bond donors (Lipinski definition) is 0. The number of ether oxygens (including phenoxy) is 4. The molecule has 0 saturated carbocycles. The Labute approximate surface area is 238 Å². The predicted octanol–water partition coefficient (Wildman–Crippen LogP) is 7.28. The van der Waals surface area contributed by atoms with Crippen molar-refractivity contribution in [1.29, 1.82) is 0 Å². The predicted molar refractivity (Wildman–Crippen MR) is 149 cm³/mol. The van der Waals surface area contributed by atoms with E-state index >= 15 is 0 Å². The fourth-order valence-corrected chi connectivity index (χ4v) is 5.76. The second-order valence-corrected chi connectivity index (χ2v) is 11.1. The summed E-state index contributed by atoms with van der Waals surface area (Å²) in [6.07, 6.45) is 2.99. The molecule has 0 aliphatic rings. The van der Waals surface area contributed by atoms with Crippen molar-refractivity contribution >= 4 is 75.7 Å². The second-order valence-electron chi connectivity index (χ2n) is 7.68. The van der Waals surface area contributed by atoms with Gasteiger partial charge < -0.3 is 18.9 Å². The zero-order valence-electron chi connectivity index (χ0n) is 19.2. The van der Waals surface area contributed by atoms with Crippen molar-refractivity contribution in [1.82, 2.24) is 0 Å². The van der Waals surface area contributed by atoms with E-state index in [4.69, 9.17) is 18.9 Å². The van der Waals surface area contributed by atoms with Crippen LogP contribution in [0.1, 0.15) is 25.0 Å². The topological polar surface area (TPSA) is 71.1 Å². The van der Waals surface area contributed by atoms with Gasteiger partial charge >= 0.3 is 11.9 Å². The molecular weight excluding hydrogens is 716 g/mol. The van der Waals surface area contributed by atoms with Crippen molar-refractivity contribution in [2.45, 2.75) is 19.3 Å². The van der Waals surface area contributed by atoms with Gasteiger partial charge in [0.25, 0.3) is 0 Å². The smallest absolute Gasteiger partial charge is 0.344 e. The maximum atomic E-state index is 11.8. The highest BCUT2D eigenvalue weighted by Gasteiger charge is 2.27. The van der Waals surface area contributed by atoms with E-state index < -0.39 is 17.4 Å². The molecule has 2 aromatic carbocycles. The van der Waals surface area contributed by atoms with Gasteiger partial charge in [-0.15, -0.1) is 0 Å². The SMILES string of the molecule is C=CCOC(=O)COc1c(Br)cc(C(C)(C)c2cc(Br)c(OCC(=O)OCC=C)c(Br)c2)cc1Br. The van der Waals surface area contributed by atoms with Gasteiger partial charge in [-0.05, 0) is 99.1 Å². The minimum absolute atomic E-state index is 0.131. The van der Waals surface area contributed by atoms with Gasteiger partial charge in [0.1, 0.15) is 24.7 Å². The summed E-state index contributed by atoms with van der Waals surface area (Å²) in [6, 6.07) is 7.77. The van der Waals surface area contributed by atoms with Crippen molar-refractivity contribution in [3.05, 3.63) is 78.6 Å². The Kier molecular flexibility index (Phi) is 11.5. The normalized spacial score (nSPS) is 10.9. The molecule has 6 nitrogen and oxygen atoms in total. The number of benzene rings is 2. The minimum atomic E-state index is -0.487. The van der Waals surface area contributed by atoms with Crippen LogP contribution in [0.4, 0.5) is 0 Å². The quantitative estimate of drug-likeness (QED) is 0.169. The molecule has 0 heterocycles. The van der Waals surface area contributed by atoms with Crippen molar-refractivity contribution in [2.24, 2.45) is 0 Å². The van der Waals surface area contributed by atoms with Crippen LogP contribution < -0.4 is 9.47 Å². The fraction of sp³-hybridized carbons (Fsp3) is 0.280. The number of carbonyl (C=O) groups is 2. The summed E-state index contributed by atoms with van der Waals surface area (Å²) in [5, 5.41) is 0. The highest BCUT2D eigenvalue weighted by atomic mass is 79.9. The molecule has 0 aromatic heterocycles. The number of rotatable bonds is 12. The summed E-state index contributed by atoms with van der Waals surface area (Å²) in [6.45, 7) is 11.0. The maximum Gasteiger partial charge on any atom is 0.344 e. The summed E-state index contributed by atoms with van der Waals surface area (Å²) >= 11 is 14.2. The first-order chi connectivity index (χ1) is 16.5. The van der Waals surface area contributed by atoms with E-state index in [2.05, 4.69) is 90.7 Å². The number of halogens is 4. The van der Waals surface area contributed by atoms with Crippen LogP contribution >= 0.6 is 63.7 Å². The summed E-state index contributed by atoms with van der Waals surface area (Å²) in [5.41, 5.74) is 1.54. The van der Waals surface area contributed by atoms with Crippen LogP contribution in [0.2, 0.25) is 0 Å². The molecule has 0 amide bonds. The highest BCUT2D eigenvalue weighted by molar-refractivity contribution is 9.11. The molecule has 2 aromatic rings. The fourth-order valence-electron chi connectivity index (χ4n) is 2.93. The van der Waals surface area contributed by atoms with Crippen LogP contribution in [0.3, 0.4) is 0 Å². The lowest BCUT2D eigenvalue weighted by Crippen LogP contribution is -2.20. The number of esters is 2. The number of carbonyl (C=O) groups excluding carboxylic acids is 2. The van der Waals surface area contributed by atoms with Gasteiger partial charge in [0.2, 0.25) is 0 Å². The molecule has 188 valence electrons. The Bertz CT molecular complexity index is 982. The van der Waals surface area contributed by atoms with Crippen LogP contribution in [0.15, 0.2) is 67.5 Å². The lowest BCUT2D eigenvalue weighted by Gasteiger charge is -2.28. The highest BCUT2D eigenvalue weighted by Crippen LogP contribution is 2.44. The van der Waals surface area contributed by atoms with Crippen LogP contribution in [0.5, 0.6) is 11.5 Å². The Hall–Kier alpha value is -1.62. The molecule has 35 heavy (non-hydrogen) atoms. The summed E-state index contributed by atoms with van der Waals surface area (Å²) < 4.78 is 23.9. The van der Waals surface area contributed by atoms with Crippen LogP contribution in [0.25, 0.3) is 0 Å². The number of hydrogen-bond acceptors (Lipinski definition) is 6. The van der Waals surface area contributed by atoms with E-state index in [1.807, 2.05) is 24.3 Å². The standard InChI is InChI=1S/C25H24Br4O6/c1-5-7-32-21(30)13-34-23-17(26)9-15(10-18(23)27)25(3,4)16-11-19(28)24(20(29)12-16)35-14-22(31)33-8-6-2/h5-6,9-12H,1-2,7-8,13-14H2,3-4H3. The van der Waals surface area contributed by atoms with Gasteiger partial charge in [-0.1, -0.05) is 39.2 Å². The molecule has 0 bridgehead atoms. The van der Waals surface area contributed by atoms with Gasteiger partial charge in [0.05, 0.1) is 17.9 Å². The molecule has 0 atom stereocenters. The Morgan fingerprint density at radius 3 is 1.34 bits per heavy atom. The molecule has 10 heteroatoms. The van der Waals surface area contributed by atoms with E-state index in [0.717, 1.165) is 11.1 Å². The minimum Gasteiger partial charge on any atom is -0.480 e. The van der Waals surface area contributed by atoms with Gasteiger partial charge in [-0.2, -0.15) is 0 Å². The maximum absolute atomic E-state index is 11.8. The summed E-state index contributed by atoms with van der Waals surface area (Å²) in [4.78, 5) is 23.5. The third-order valence-corrected chi connectivity index (χ3v) is 7.19. The third kappa shape index (κ3) is 8.20. The van der Waals surface area contributed by atoms with Crippen LogP contribution in [-0.2, 0) is 24.5 Å². The van der Waals surface area contributed by atoms with Crippen molar-refractivity contribution in [3.8, 4) is 11.5 Å². The first kappa shape index (κ1) is 29.6. The van der Waals surface area contributed by atoms with Crippen LogP contribution in [0, 0.1) is 0 Å². The summed E-state index contributed by atoms with van der Waals surface area (Å²) in [5.74, 6) is 0.0160. The van der Waals surface area contributed by atoms with Crippen molar-refractivity contribution < 1.29 is 28.5 Å². The molecule has 2 rings (SSSR count). The van der Waals surface area contributed by atoms with E-state index in [9.17, 15) is 9.59 Å². The molecule has 0 radical (unpaired) electrons. The van der Waals surface area contributed by atoms with Gasteiger partial charge in [0.15, 0.2) is 13.2 Å². The molecule has 0 N–H and O–H groups in total. The lowest BCUT2D eigenvalue weighted by molar-refractivity contribution is -0.145. The van der Waals surface area contributed by atoms with E-state index in [1.165, 1.54) is 12.2 Å². The van der Waals surface area contributed by atoms with Crippen LogP contribution in [-0.4, -0.2) is 38.4 Å². The molecule has 0 aliphatic carbocycles. The second kappa shape index (κ2) is 13.6. The average Bonchev–Trinajstić information content (AvgIpc) is 2.79. The lowest BCUT2D eigenvalue weighted by atomic mass is 9.78. The Morgan fingerprint density at radius 2 is 1.06 bits per heavy atom. The van der Waals surface area contributed by atoms with Crippen molar-refractivity contribution in [2.75, 3.05) is 26.4 Å². The van der Waals surface area contributed by atoms with Gasteiger partial charge in [-0.3, -0.25) is 0 Å².